The Morgan fingerprint density at radius 1 is 1.38 bits per heavy atom. The van der Waals surface area contributed by atoms with E-state index in [1.807, 2.05) is 0 Å². The van der Waals surface area contributed by atoms with Crippen molar-refractivity contribution in [3.63, 3.8) is 0 Å². The monoisotopic (exact) mass is 187 g/mol. The van der Waals surface area contributed by atoms with Crippen molar-refractivity contribution >= 4 is 11.9 Å². The van der Waals surface area contributed by atoms with Crippen LogP contribution in [0.2, 0.25) is 0 Å². The van der Waals surface area contributed by atoms with Gasteiger partial charge in [0.25, 0.3) is 0 Å². The molecule has 1 rings (SSSR count). The summed E-state index contributed by atoms with van der Waals surface area (Å²) in [6, 6.07) is -0.679. The SMILES string of the molecule is NC(=O)NCC(=O)N1CCOCC1. The Hall–Kier alpha value is -1.30. The van der Waals surface area contributed by atoms with E-state index in [1.54, 1.807) is 4.90 Å². The highest BCUT2D eigenvalue weighted by molar-refractivity contribution is 5.83. The van der Waals surface area contributed by atoms with Crippen LogP contribution in [0.1, 0.15) is 0 Å². The fourth-order valence-corrected chi connectivity index (χ4v) is 1.09. The minimum Gasteiger partial charge on any atom is -0.378 e. The molecule has 0 aromatic rings. The Bertz CT molecular complexity index is 201. The first-order valence-electron chi connectivity index (χ1n) is 4.09. The van der Waals surface area contributed by atoms with Crippen molar-refractivity contribution in [1.82, 2.24) is 10.2 Å². The molecule has 0 spiro atoms. The van der Waals surface area contributed by atoms with E-state index < -0.39 is 6.03 Å². The molecule has 13 heavy (non-hydrogen) atoms. The first kappa shape index (κ1) is 9.79. The second-order valence-corrected chi connectivity index (χ2v) is 2.71. The summed E-state index contributed by atoms with van der Waals surface area (Å²) in [5.74, 6) is -0.123. The lowest BCUT2D eigenvalue weighted by molar-refractivity contribution is -0.134. The molecule has 0 saturated carbocycles. The van der Waals surface area contributed by atoms with Gasteiger partial charge in [0.2, 0.25) is 5.91 Å². The molecule has 6 heteroatoms. The van der Waals surface area contributed by atoms with Gasteiger partial charge in [-0.2, -0.15) is 0 Å². The number of hydrogen-bond donors (Lipinski definition) is 2. The molecule has 74 valence electrons. The van der Waals surface area contributed by atoms with Crippen LogP contribution in [-0.4, -0.2) is 49.7 Å². The van der Waals surface area contributed by atoms with E-state index in [4.69, 9.17) is 10.5 Å². The molecule has 0 aromatic heterocycles. The van der Waals surface area contributed by atoms with Crippen molar-refractivity contribution in [2.45, 2.75) is 0 Å². The van der Waals surface area contributed by atoms with Gasteiger partial charge in [-0.15, -0.1) is 0 Å². The molecular weight excluding hydrogens is 174 g/mol. The molecule has 6 nitrogen and oxygen atoms in total. The highest BCUT2D eigenvalue weighted by Crippen LogP contribution is 1.96. The summed E-state index contributed by atoms with van der Waals surface area (Å²) in [4.78, 5) is 23.2. The van der Waals surface area contributed by atoms with Crippen LogP contribution in [0, 0.1) is 0 Å². The number of nitrogens with one attached hydrogen (secondary N) is 1. The summed E-state index contributed by atoms with van der Waals surface area (Å²) in [7, 11) is 0. The van der Waals surface area contributed by atoms with Gasteiger partial charge in [-0.3, -0.25) is 4.79 Å². The van der Waals surface area contributed by atoms with E-state index in [0.29, 0.717) is 26.3 Å². The van der Waals surface area contributed by atoms with Gasteiger partial charge >= 0.3 is 6.03 Å². The molecule has 0 aromatic carbocycles. The molecule has 0 unspecified atom stereocenters. The number of carbonyl (C=O) groups excluding carboxylic acids is 2. The van der Waals surface area contributed by atoms with Crippen LogP contribution in [0.5, 0.6) is 0 Å². The van der Waals surface area contributed by atoms with Gasteiger partial charge in [0.05, 0.1) is 19.8 Å². The fraction of sp³-hybridized carbons (Fsp3) is 0.714. The lowest BCUT2D eigenvalue weighted by atomic mass is 10.4. The summed E-state index contributed by atoms with van der Waals surface area (Å²) >= 11 is 0. The molecule has 3 amide bonds. The average Bonchev–Trinajstić information content (AvgIpc) is 2.15. The third-order valence-corrected chi connectivity index (χ3v) is 1.78. The number of nitrogens with two attached hydrogens (primary N) is 1. The molecule has 0 atom stereocenters. The minimum absolute atomic E-state index is 0.0324. The van der Waals surface area contributed by atoms with Crippen molar-refractivity contribution < 1.29 is 14.3 Å². The molecule has 0 radical (unpaired) electrons. The van der Waals surface area contributed by atoms with E-state index in [-0.39, 0.29) is 12.5 Å². The zero-order valence-corrected chi connectivity index (χ0v) is 7.28. The van der Waals surface area contributed by atoms with Crippen molar-refractivity contribution in [3.8, 4) is 0 Å². The lowest BCUT2D eigenvalue weighted by Crippen LogP contribution is -2.46. The molecule has 1 fully saturated rings. The second kappa shape index (κ2) is 4.66. The maximum absolute atomic E-state index is 11.3. The Morgan fingerprint density at radius 3 is 2.54 bits per heavy atom. The number of morpholine rings is 1. The van der Waals surface area contributed by atoms with Gasteiger partial charge < -0.3 is 20.7 Å². The van der Waals surface area contributed by atoms with E-state index in [2.05, 4.69) is 5.32 Å². The van der Waals surface area contributed by atoms with Gasteiger partial charge in [0.1, 0.15) is 0 Å². The van der Waals surface area contributed by atoms with Gasteiger partial charge in [-0.25, -0.2) is 4.79 Å². The number of urea groups is 1. The molecular formula is C7H13N3O3. The van der Waals surface area contributed by atoms with Gasteiger partial charge in [0.15, 0.2) is 0 Å². The number of hydrogen-bond acceptors (Lipinski definition) is 3. The molecule has 1 aliphatic heterocycles. The van der Waals surface area contributed by atoms with Crippen molar-refractivity contribution in [2.24, 2.45) is 5.73 Å². The van der Waals surface area contributed by atoms with Gasteiger partial charge in [-0.05, 0) is 0 Å². The Balaban J connectivity index is 2.25. The predicted octanol–water partition coefficient (Wildman–Crippen LogP) is -1.49. The summed E-state index contributed by atoms with van der Waals surface area (Å²) in [6.45, 7) is 2.25. The molecule has 3 N–H and O–H groups in total. The summed E-state index contributed by atoms with van der Waals surface area (Å²) in [5, 5.41) is 2.25. The van der Waals surface area contributed by atoms with E-state index in [0.717, 1.165) is 0 Å². The average molecular weight is 187 g/mol. The van der Waals surface area contributed by atoms with Crippen LogP contribution in [0.3, 0.4) is 0 Å². The quantitative estimate of drug-likeness (QED) is 0.552. The summed E-state index contributed by atoms with van der Waals surface area (Å²) < 4.78 is 5.07. The predicted molar refractivity (Wildman–Crippen MR) is 45.0 cm³/mol. The molecule has 0 aliphatic carbocycles. The number of carbonyl (C=O) groups is 2. The zero-order valence-electron chi connectivity index (χ0n) is 7.28. The summed E-state index contributed by atoms with van der Waals surface area (Å²) in [5.41, 5.74) is 4.82. The Labute approximate surface area is 76.0 Å². The smallest absolute Gasteiger partial charge is 0.312 e. The van der Waals surface area contributed by atoms with Crippen LogP contribution in [0.4, 0.5) is 4.79 Å². The van der Waals surface area contributed by atoms with Crippen molar-refractivity contribution in [2.75, 3.05) is 32.8 Å². The van der Waals surface area contributed by atoms with Crippen LogP contribution in [0.15, 0.2) is 0 Å². The van der Waals surface area contributed by atoms with Gasteiger partial charge in [0, 0.05) is 13.1 Å². The molecule has 1 saturated heterocycles. The normalized spacial score (nSPS) is 16.8. The topological polar surface area (TPSA) is 84.7 Å². The first-order valence-corrected chi connectivity index (χ1v) is 4.09. The number of rotatable bonds is 2. The zero-order chi connectivity index (χ0) is 9.68. The number of ether oxygens (including phenoxy) is 1. The van der Waals surface area contributed by atoms with E-state index >= 15 is 0 Å². The van der Waals surface area contributed by atoms with Crippen LogP contribution in [0.25, 0.3) is 0 Å². The third kappa shape index (κ3) is 3.29. The van der Waals surface area contributed by atoms with E-state index in [1.165, 1.54) is 0 Å². The largest absolute Gasteiger partial charge is 0.378 e. The minimum atomic E-state index is -0.679. The van der Waals surface area contributed by atoms with Crippen LogP contribution >= 0.6 is 0 Å². The highest BCUT2D eigenvalue weighted by atomic mass is 16.5. The number of amides is 3. The maximum Gasteiger partial charge on any atom is 0.312 e. The number of primary amides is 1. The van der Waals surface area contributed by atoms with Crippen molar-refractivity contribution in [3.05, 3.63) is 0 Å². The summed E-state index contributed by atoms with van der Waals surface area (Å²) in [6.07, 6.45) is 0. The van der Waals surface area contributed by atoms with Crippen LogP contribution in [-0.2, 0) is 9.53 Å². The fourth-order valence-electron chi connectivity index (χ4n) is 1.09. The molecule has 0 bridgehead atoms. The Kier molecular flexibility index (Phi) is 3.51. The molecule has 1 aliphatic rings. The number of nitrogens with zero attached hydrogens (tertiary/aromatic N) is 1. The maximum atomic E-state index is 11.3. The Morgan fingerprint density at radius 2 is 2.00 bits per heavy atom. The van der Waals surface area contributed by atoms with Crippen LogP contribution < -0.4 is 11.1 Å². The highest BCUT2D eigenvalue weighted by Gasteiger charge is 2.16. The first-order chi connectivity index (χ1) is 6.20. The third-order valence-electron chi connectivity index (χ3n) is 1.78. The standard InChI is InChI=1S/C7H13N3O3/c8-7(12)9-5-6(11)10-1-3-13-4-2-10/h1-5H2,(H3,8,9,12). The second-order valence-electron chi connectivity index (χ2n) is 2.71. The van der Waals surface area contributed by atoms with E-state index in [9.17, 15) is 9.59 Å². The molecule has 1 heterocycles. The van der Waals surface area contributed by atoms with Crippen molar-refractivity contribution in [1.29, 1.82) is 0 Å². The van der Waals surface area contributed by atoms with Gasteiger partial charge in [-0.1, -0.05) is 0 Å². The lowest BCUT2D eigenvalue weighted by Gasteiger charge is -2.26.